The van der Waals surface area contributed by atoms with Crippen LogP contribution < -0.4 is 10.5 Å². The minimum absolute atomic E-state index is 0.0160. The quantitative estimate of drug-likeness (QED) is 0.357. The van der Waals surface area contributed by atoms with E-state index in [-0.39, 0.29) is 35.6 Å². The Bertz CT molecular complexity index is 1000. The van der Waals surface area contributed by atoms with Crippen molar-refractivity contribution in [2.24, 2.45) is 11.7 Å². The molecular formula is C24H31N5O4. The van der Waals surface area contributed by atoms with E-state index in [2.05, 4.69) is 9.97 Å². The predicted octanol–water partition coefficient (Wildman–Crippen LogP) is 3.02. The minimum atomic E-state index is -0.212. The second-order valence-electron chi connectivity index (χ2n) is 8.01. The van der Waals surface area contributed by atoms with Gasteiger partial charge in [-0.15, -0.1) is 0 Å². The van der Waals surface area contributed by atoms with E-state index in [1.54, 1.807) is 43.1 Å². The van der Waals surface area contributed by atoms with Crippen LogP contribution in [0.1, 0.15) is 55.5 Å². The minimum Gasteiger partial charge on any atom is -0.477 e. The first kappa shape index (κ1) is 24.2. The molecule has 0 aliphatic heterocycles. The fourth-order valence-electron chi connectivity index (χ4n) is 4.01. The second kappa shape index (κ2) is 10.9. The van der Waals surface area contributed by atoms with Crippen molar-refractivity contribution in [2.75, 3.05) is 20.3 Å². The monoisotopic (exact) mass is 453 g/mol. The highest BCUT2D eigenvalue weighted by molar-refractivity contribution is 5.96. The Morgan fingerprint density at radius 2 is 1.79 bits per heavy atom. The Kier molecular flexibility index (Phi) is 7.97. The largest absolute Gasteiger partial charge is 0.477 e. The first-order chi connectivity index (χ1) is 15.8. The lowest BCUT2D eigenvalue weighted by Gasteiger charge is -2.34. The number of aromatic nitrogens is 2. The zero-order valence-electron chi connectivity index (χ0n) is 19.3. The Labute approximate surface area is 193 Å². The summed E-state index contributed by atoms with van der Waals surface area (Å²) in [4.78, 5) is 35.8. The molecular weight excluding hydrogens is 422 g/mol. The highest BCUT2D eigenvalue weighted by Crippen LogP contribution is 2.30. The van der Waals surface area contributed by atoms with Crippen molar-refractivity contribution in [2.45, 2.75) is 45.6 Å². The Hall–Kier alpha value is -3.49. The van der Waals surface area contributed by atoms with Gasteiger partial charge in [0.15, 0.2) is 5.82 Å². The van der Waals surface area contributed by atoms with Crippen LogP contribution in [0.5, 0.6) is 5.88 Å². The zero-order valence-corrected chi connectivity index (χ0v) is 19.3. The van der Waals surface area contributed by atoms with Gasteiger partial charge in [-0.2, -0.15) is 4.98 Å². The SMILES string of the molecule is CCOC(=O)C1CCC(N(C)C(=O)c2cnc(-c3ccc(C(=N)N)cc3)nc2OCC)CC1. The summed E-state index contributed by atoms with van der Waals surface area (Å²) in [5.41, 5.74) is 7.15. The third kappa shape index (κ3) is 5.66. The summed E-state index contributed by atoms with van der Waals surface area (Å²) in [6, 6.07) is 7.02. The first-order valence-electron chi connectivity index (χ1n) is 11.2. The van der Waals surface area contributed by atoms with E-state index < -0.39 is 0 Å². The number of nitrogen functional groups attached to an aromatic ring is 1. The van der Waals surface area contributed by atoms with Crippen LogP contribution in [-0.4, -0.2) is 58.9 Å². The van der Waals surface area contributed by atoms with Crippen LogP contribution in [0.2, 0.25) is 0 Å². The van der Waals surface area contributed by atoms with E-state index in [0.717, 1.165) is 18.4 Å². The standard InChI is InChI=1S/C24H31N5O4/c1-4-32-22-19(14-27-21(28-22)16-8-6-15(7-9-16)20(25)26)23(30)29(3)18-12-10-17(11-13-18)24(31)33-5-2/h6-9,14,17-18H,4-5,10-13H2,1-3H3,(H3,25,26). The smallest absolute Gasteiger partial charge is 0.308 e. The number of carbonyl (C=O) groups excluding carboxylic acids is 2. The molecule has 1 aromatic heterocycles. The molecule has 3 N–H and O–H groups in total. The van der Waals surface area contributed by atoms with Gasteiger partial charge in [-0.25, -0.2) is 4.98 Å². The zero-order chi connectivity index (χ0) is 24.0. The molecule has 33 heavy (non-hydrogen) atoms. The maximum absolute atomic E-state index is 13.3. The molecule has 1 aromatic carbocycles. The number of hydrogen-bond donors (Lipinski definition) is 2. The number of nitrogens with two attached hydrogens (primary N) is 1. The highest BCUT2D eigenvalue weighted by Gasteiger charge is 2.32. The van der Waals surface area contributed by atoms with Crippen LogP contribution >= 0.6 is 0 Å². The maximum Gasteiger partial charge on any atom is 0.308 e. The molecule has 176 valence electrons. The number of rotatable bonds is 8. The van der Waals surface area contributed by atoms with Crippen molar-refractivity contribution < 1.29 is 19.1 Å². The third-order valence-electron chi connectivity index (χ3n) is 5.90. The van der Waals surface area contributed by atoms with Crippen molar-refractivity contribution in [3.63, 3.8) is 0 Å². The Balaban J connectivity index is 1.75. The average Bonchev–Trinajstić information content (AvgIpc) is 2.83. The number of esters is 1. The fourth-order valence-corrected chi connectivity index (χ4v) is 4.01. The molecule has 0 atom stereocenters. The van der Waals surface area contributed by atoms with Gasteiger partial charge in [0.2, 0.25) is 5.88 Å². The number of hydrogen-bond acceptors (Lipinski definition) is 7. The molecule has 1 fully saturated rings. The molecule has 3 rings (SSSR count). The lowest BCUT2D eigenvalue weighted by molar-refractivity contribution is -0.149. The van der Waals surface area contributed by atoms with E-state index in [1.165, 1.54) is 6.20 Å². The van der Waals surface area contributed by atoms with E-state index in [9.17, 15) is 9.59 Å². The van der Waals surface area contributed by atoms with Crippen molar-refractivity contribution in [1.29, 1.82) is 5.41 Å². The molecule has 1 amide bonds. The van der Waals surface area contributed by atoms with Gasteiger partial charge in [0.1, 0.15) is 11.4 Å². The van der Waals surface area contributed by atoms with E-state index in [4.69, 9.17) is 20.6 Å². The van der Waals surface area contributed by atoms with Crippen LogP contribution in [0.3, 0.4) is 0 Å². The van der Waals surface area contributed by atoms with Crippen LogP contribution in [0.4, 0.5) is 0 Å². The van der Waals surface area contributed by atoms with Gasteiger partial charge in [0, 0.05) is 30.4 Å². The maximum atomic E-state index is 13.3. The molecule has 9 nitrogen and oxygen atoms in total. The molecule has 0 unspecified atom stereocenters. The number of amidine groups is 1. The summed E-state index contributed by atoms with van der Waals surface area (Å²) in [6.07, 6.45) is 4.36. The molecule has 2 aromatic rings. The molecule has 0 radical (unpaired) electrons. The molecule has 0 spiro atoms. The van der Waals surface area contributed by atoms with Crippen LogP contribution in [0.15, 0.2) is 30.5 Å². The van der Waals surface area contributed by atoms with Gasteiger partial charge in [-0.1, -0.05) is 24.3 Å². The van der Waals surface area contributed by atoms with Crippen LogP contribution in [0.25, 0.3) is 11.4 Å². The third-order valence-corrected chi connectivity index (χ3v) is 5.90. The van der Waals surface area contributed by atoms with Gasteiger partial charge >= 0.3 is 5.97 Å². The van der Waals surface area contributed by atoms with Gasteiger partial charge in [-0.05, 0) is 39.5 Å². The topological polar surface area (TPSA) is 131 Å². The molecule has 0 saturated heterocycles. The summed E-state index contributed by atoms with van der Waals surface area (Å²) in [5, 5.41) is 7.51. The van der Waals surface area contributed by atoms with E-state index >= 15 is 0 Å². The van der Waals surface area contributed by atoms with Gasteiger partial charge in [0.05, 0.1) is 19.1 Å². The van der Waals surface area contributed by atoms with Crippen molar-refractivity contribution >= 4 is 17.7 Å². The van der Waals surface area contributed by atoms with E-state index in [0.29, 0.717) is 43.0 Å². The Morgan fingerprint density at radius 3 is 2.36 bits per heavy atom. The molecule has 9 heteroatoms. The van der Waals surface area contributed by atoms with Crippen molar-refractivity contribution in [3.05, 3.63) is 41.6 Å². The number of nitrogens with zero attached hydrogens (tertiary/aromatic N) is 3. The number of ether oxygens (including phenoxy) is 2. The van der Waals surface area contributed by atoms with Gasteiger partial charge in [0.25, 0.3) is 5.91 Å². The van der Waals surface area contributed by atoms with E-state index in [1.807, 2.05) is 6.92 Å². The number of amides is 1. The normalized spacial score (nSPS) is 17.8. The number of nitrogens with one attached hydrogen (secondary N) is 1. The summed E-state index contributed by atoms with van der Waals surface area (Å²) in [5.74, 6) is 0.178. The second-order valence-corrected chi connectivity index (χ2v) is 8.01. The highest BCUT2D eigenvalue weighted by atomic mass is 16.5. The first-order valence-corrected chi connectivity index (χ1v) is 11.2. The summed E-state index contributed by atoms with van der Waals surface area (Å²) >= 11 is 0. The van der Waals surface area contributed by atoms with Gasteiger partial charge < -0.3 is 20.1 Å². The van der Waals surface area contributed by atoms with Gasteiger partial charge in [-0.3, -0.25) is 15.0 Å². The fraction of sp³-hybridized carbons (Fsp3) is 0.458. The molecule has 1 heterocycles. The average molecular weight is 454 g/mol. The molecule has 1 aliphatic rings. The van der Waals surface area contributed by atoms with Crippen LogP contribution in [0, 0.1) is 11.3 Å². The molecule has 0 bridgehead atoms. The van der Waals surface area contributed by atoms with Crippen LogP contribution in [-0.2, 0) is 9.53 Å². The molecule has 1 saturated carbocycles. The summed E-state index contributed by atoms with van der Waals surface area (Å²) < 4.78 is 10.8. The number of benzene rings is 1. The lowest BCUT2D eigenvalue weighted by Crippen LogP contribution is -2.40. The number of carbonyl (C=O) groups is 2. The summed E-state index contributed by atoms with van der Waals surface area (Å²) in [6.45, 7) is 4.38. The van der Waals surface area contributed by atoms with Crippen molar-refractivity contribution in [3.8, 4) is 17.3 Å². The Morgan fingerprint density at radius 1 is 1.12 bits per heavy atom. The molecule has 1 aliphatic carbocycles. The van der Waals surface area contributed by atoms with Crippen molar-refractivity contribution in [1.82, 2.24) is 14.9 Å². The summed E-state index contributed by atoms with van der Waals surface area (Å²) in [7, 11) is 1.77. The lowest BCUT2D eigenvalue weighted by atomic mass is 9.85. The predicted molar refractivity (Wildman–Crippen MR) is 124 cm³/mol.